The second-order valence-electron chi connectivity index (χ2n) is 6.06. The normalized spacial score (nSPS) is 10.7. The van der Waals surface area contributed by atoms with Crippen LogP contribution in [-0.2, 0) is 11.3 Å². The number of hydrogen-bond acceptors (Lipinski definition) is 4. The third-order valence-corrected chi connectivity index (χ3v) is 5.09. The second-order valence-corrected chi connectivity index (χ2v) is 7.01. The molecule has 2 aromatic carbocycles. The SMILES string of the molecule is O=C(COc1ccc2ccccc2c1)NCc1cccnc1-c1cccs1. The van der Waals surface area contributed by atoms with Crippen LogP contribution in [0.1, 0.15) is 5.56 Å². The fourth-order valence-corrected chi connectivity index (χ4v) is 3.62. The minimum Gasteiger partial charge on any atom is -0.484 e. The maximum Gasteiger partial charge on any atom is 0.258 e. The highest BCUT2D eigenvalue weighted by atomic mass is 32.1. The summed E-state index contributed by atoms with van der Waals surface area (Å²) < 4.78 is 5.64. The van der Waals surface area contributed by atoms with E-state index in [2.05, 4.69) is 10.3 Å². The minimum absolute atomic E-state index is 0.0209. The van der Waals surface area contributed by atoms with Gasteiger partial charge in [-0.2, -0.15) is 0 Å². The maximum atomic E-state index is 12.2. The molecule has 2 heterocycles. The first kappa shape index (κ1) is 17.2. The number of pyridine rings is 1. The van der Waals surface area contributed by atoms with Gasteiger partial charge in [0, 0.05) is 12.7 Å². The maximum absolute atomic E-state index is 12.2. The fraction of sp³-hybridized carbons (Fsp3) is 0.0909. The van der Waals surface area contributed by atoms with Crippen molar-refractivity contribution in [1.82, 2.24) is 10.3 Å². The van der Waals surface area contributed by atoms with Crippen molar-refractivity contribution in [1.29, 1.82) is 0 Å². The van der Waals surface area contributed by atoms with Gasteiger partial charge >= 0.3 is 0 Å². The van der Waals surface area contributed by atoms with Crippen LogP contribution < -0.4 is 10.1 Å². The van der Waals surface area contributed by atoms with Crippen LogP contribution in [0.25, 0.3) is 21.3 Å². The molecular formula is C22H18N2O2S. The Balaban J connectivity index is 1.36. The summed E-state index contributed by atoms with van der Waals surface area (Å²) in [4.78, 5) is 17.7. The molecule has 0 aliphatic carbocycles. The number of hydrogen-bond donors (Lipinski definition) is 1. The van der Waals surface area contributed by atoms with Gasteiger partial charge in [-0.3, -0.25) is 9.78 Å². The number of benzene rings is 2. The van der Waals surface area contributed by atoms with Crippen LogP contribution >= 0.6 is 11.3 Å². The van der Waals surface area contributed by atoms with E-state index in [1.165, 1.54) is 0 Å². The predicted octanol–water partition coefficient (Wildman–Crippen LogP) is 4.66. The number of carbonyl (C=O) groups excluding carboxylic acids is 1. The van der Waals surface area contributed by atoms with Crippen molar-refractivity contribution in [3.05, 3.63) is 83.9 Å². The molecule has 4 nitrogen and oxygen atoms in total. The molecule has 5 heteroatoms. The highest BCUT2D eigenvalue weighted by Gasteiger charge is 2.09. The largest absolute Gasteiger partial charge is 0.484 e. The highest BCUT2D eigenvalue weighted by molar-refractivity contribution is 7.13. The highest BCUT2D eigenvalue weighted by Crippen LogP contribution is 2.25. The molecule has 0 unspecified atom stereocenters. The van der Waals surface area contributed by atoms with Gasteiger partial charge < -0.3 is 10.1 Å². The third kappa shape index (κ3) is 4.15. The molecule has 27 heavy (non-hydrogen) atoms. The van der Waals surface area contributed by atoms with E-state index in [1.807, 2.05) is 72.1 Å². The molecule has 2 aromatic heterocycles. The first-order chi connectivity index (χ1) is 13.3. The van der Waals surface area contributed by atoms with Crippen molar-refractivity contribution >= 4 is 28.0 Å². The first-order valence-corrected chi connectivity index (χ1v) is 9.53. The molecule has 0 aliphatic heterocycles. The molecule has 4 aromatic rings. The Morgan fingerprint density at radius 2 is 1.89 bits per heavy atom. The topological polar surface area (TPSA) is 51.2 Å². The second kappa shape index (κ2) is 8.01. The average molecular weight is 374 g/mol. The van der Waals surface area contributed by atoms with Crippen molar-refractivity contribution in [3.8, 4) is 16.3 Å². The Morgan fingerprint density at radius 3 is 2.74 bits per heavy atom. The standard InChI is InChI=1S/C22H18N2O2S/c25-21(15-26-19-10-9-16-5-1-2-6-17(16)13-19)24-14-18-7-3-11-23-22(18)20-8-4-12-27-20/h1-13H,14-15H2,(H,24,25). The minimum atomic E-state index is -0.163. The zero-order valence-corrected chi connectivity index (χ0v) is 15.4. The molecule has 1 amide bonds. The molecule has 0 bridgehead atoms. The van der Waals surface area contributed by atoms with Crippen LogP contribution in [0.4, 0.5) is 0 Å². The van der Waals surface area contributed by atoms with Crippen molar-refractivity contribution in [2.75, 3.05) is 6.61 Å². The molecule has 0 fully saturated rings. The fourth-order valence-electron chi connectivity index (χ4n) is 2.87. The van der Waals surface area contributed by atoms with Crippen LogP contribution in [0.3, 0.4) is 0 Å². The number of aromatic nitrogens is 1. The zero-order chi connectivity index (χ0) is 18.5. The van der Waals surface area contributed by atoms with E-state index in [4.69, 9.17) is 4.74 Å². The molecule has 0 spiro atoms. The summed E-state index contributed by atoms with van der Waals surface area (Å²) in [6.07, 6.45) is 1.77. The van der Waals surface area contributed by atoms with Crippen molar-refractivity contribution in [2.24, 2.45) is 0 Å². The van der Waals surface area contributed by atoms with E-state index in [1.54, 1.807) is 17.5 Å². The van der Waals surface area contributed by atoms with Gasteiger partial charge in [0.25, 0.3) is 5.91 Å². The van der Waals surface area contributed by atoms with Gasteiger partial charge in [0.2, 0.25) is 0 Å². The van der Waals surface area contributed by atoms with Crippen LogP contribution in [-0.4, -0.2) is 17.5 Å². The van der Waals surface area contributed by atoms with E-state index in [9.17, 15) is 4.79 Å². The van der Waals surface area contributed by atoms with Crippen LogP contribution in [0, 0.1) is 0 Å². The number of amides is 1. The van der Waals surface area contributed by atoms with Gasteiger partial charge in [0.15, 0.2) is 6.61 Å². The predicted molar refractivity (Wildman–Crippen MR) is 109 cm³/mol. The Morgan fingerprint density at radius 1 is 1.00 bits per heavy atom. The lowest BCUT2D eigenvalue weighted by molar-refractivity contribution is -0.123. The molecule has 0 aliphatic rings. The molecular weight excluding hydrogens is 356 g/mol. The lowest BCUT2D eigenvalue weighted by atomic mass is 10.1. The van der Waals surface area contributed by atoms with Gasteiger partial charge in [-0.25, -0.2) is 0 Å². The van der Waals surface area contributed by atoms with Gasteiger partial charge in [0.05, 0.1) is 10.6 Å². The summed E-state index contributed by atoms with van der Waals surface area (Å²) in [6.45, 7) is 0.397. The van der Waals surface area contributed by atoms with Crippen LogP contribution in [0.5, 0.6) is 5.75 Å². The van der Waals surface area contributed by atoms with E-state index in [0.717, 1.165) is 26.9 Å². The number of fused-ring (bicyclic) bond motifs is 1. The molecule has 0 atom stereocenters. The van der Waals surface area contributed by atoms with Gasteiger partial charge in [0.1, 0.15) is 5.75 Å². The smallest absolute Gasteiger partial charge is 0.258 e. The van der Waals surface area contributed by atoms with Gasteiger partial charge in [-0.05, 0) is 46.0 Å². The molecule has 4 rings (SSSR count). The van der Waals surface area contributed by atoms with E-state index < -0.39 is 0 Å². The summed E-state index contributed by atoms with van der Waals surface area (Å²) in [5, 5.41) is 7.16. The number of rotatable bonds is 6. The number of ether oxygens (including phenoxy) is 1. The molecule has 0 saturated heterocycles. The third-order valence-electron chi connectivity index (χ3n) is 4.21. The molecule has 0 radical (unpaired) electrons. The summed E-state index contributed by atoms with van der Waals surface area (Å²) in [5.74, 6) is 0.522. The summed E-state index contributed by atoms with van der Waals surface area (Å²) in [7, 11) is 0. The zero-order valence-electron chi connectivity index (χ0n) is 14.6. The van der Waals surface area contributed by atoms with Crippen molar-refractivity contribution in [2.45, 2.75) is 6.54 Å². The lowest BCUT2D eigenvalue weighted by Gasteiger charge is -2.10. The van der Waals surface area contributed by atoms with Gasteiger partial charge in [-0.1, -0.05) is 42.5 Å². The quantitative estimate of drug-likeness (QED) is 0.534. The van der Waals surface area contributed by atoms with Crippen LogP contribution in [0.2, 0.25) is 0 Å². The average Bonchev–Trinajstić information content (AvgIpc) is 3.25. The molecule has 1 N–H and O–H groups in total. The van der Waals surface area contributed by atoms with Crippen molar-refractivity contribution < 1.29 is 9.53 Å². The van der Waals surface area contributed by atoms with Crippen molar-refractivity contribution in [3.63, 3.8) is 0 Å². The van der Waals surface area contributed by atoms with E-state index >= 15 is 0 Å². The molecule has 134 valence electrons. The number of nitrogens with one attached hydrogen (secondary N) is 1. The van der Waals surface area contributed by atoms with E-state index in [0.29, 0.717) is 12.3 Å². The summed E-state index contributed by atoms with van der Waals surface area (Å²) in [5.41, 5.74) is 1.89. The molecule has 0 saturated carbocycles. The monoisotopic (exact) mass is 374 g/mol. The van der Waals surface area contributed by atoms with Gasteiger partial charge in [-0.15, -0.1) is 11.3 Å². The van der Waals surface area contributed by atoms with E-state index in [-0.39, 0.29) is 12.5 Å². The summed E-state index contributed by atoms with van der Waals surface area (Å²) >= 11 is 1.63. The summed E-state index contributed by atoms with van der Waals surface area (Å²) in [6, 6.07) is 21.8. The Hall–Kier alpha value is -3.18. The Bertz CT molecular complexity index is 1060. The lowest BCUT2D eigenvalue weighted by Crippen LogP contribution is -2.28. The van der Waals surface area contributed by atoms with Crippen LogP contribution in [0.15, 0.2) is 78.3 Å². The number of nitrogens with zero attached hydrogens (tertiary/aromatic N) is 1. The first-order valence-electron chi connectivity index (χ1n) is 8.66. The number of thiophene rings is 1. The Labute approximate surface area is 161 Å². The number of carbonyl (C=O) groups is 1. The Kier molecular flexibility index (Phi) is 5.12.